The van der Waals surface area contributed by atoms with Gasteiger partial charge >= 0.3 is 0 Å². The molecule has 1 saturated heterocycles. The predicted octanol–water partition coefficient (Wildman–Crippen LogP) is 4.64. The lowest BCUT2D eigenvalue weighted by atomic mass is 9.92. The molecule has 2 aliphatic rings. The molecule has 6 rings (SSSR count). The summed E-state index contributed by atoms with van der Waals surface area (Å²) in [7, 11) is 2.16. The minimum Gasteiger partial charge on any atom is -0.486 e. The largest absolute Gasteiger partial charge is 0.486 e. The van der Waals surface area contributed by atoms with Crippen LogP contribution in [0.3, 0.4) is 0 Å². The third-order valence-electron chi connectivity index (χ3n) is 7.35. The van der Waals surface area contributed by atoms with Crippen LogP contribution in [0.5, 0.6) is 5.75 Å². The summed E-state index contributed by atoms with van der Waals surface area (Å²) >= 11 is 0. The second-order valence-corrected chi connectivity index (χ2v) is 9.88. The van der Waals surface area contributed by atoms with Gasteiger partial charge < -0.3 is 14.6 Å². The fourth-order valence-electron chi connectivity index (χ4n) is 5.24. The SMILES string of the molecule is CC(Oc1ccc2[nH]nc(-c3nc4c([nH]3)CN(C(C)C3CN(C)C3)C4)c2c1)c1cc(F)cc(F)c1. The summed E-state index contributed by atoms with van der Waals surface area (Å²) in [4.78, 5) is 13.2. The molecule has 2 N–H and O–H groups in total. The normalized spacial score (nSPS) is 18.5. The van der Waals surface area contributed by atoms with E-state index in [1.165, 1.54) is 12.1 Å². The minimum atomic E-state index is -0.623. The standard InChI is InChI=1S/C26H28F2N6O/c1-14(17-10-33(3)11-17)34-12-23-24(13-34)30-26(29-23)25-21-9-20(4-5-22(21)31-32-25)35-15(2)16-6-18(27)8-19(28)7-16/h4-9,14-15,17H,10-13H2,1-3H3,(H,29,30)(H,31,32). The summed E-state index contributed by atoms with van der Waals surface area (Å²) in [5, 5.41) is 8.43. The molecule has 2 atom stereocenters. The van der Waals surface area contributed by atoms with Crippen molar-refractivity contribution in [3.63, 3.8) is 0 Å². The first-order valence-corrected chi connectivity index (χ1v) is 12.0. The van der Waals surface area contributed by atoms with Gasteiger partial charge in [-0.3, -0.25) is 10.00 Å². The second kappa shape index (κ2) is 8.42. The highest BCUT2D eigenvalue weighted by Gasteiger charge is 2.35. The van der Waals surface area contributed by atoms with E-state index in [4.69, 9.17) is 9.72 Å². The van der Waals surface area contributed by atoms with Crippen LogP contribution in [-0.2, 0) is 13.1 Å². The molecular formula is C26H28F2N6O. The van der Waals surface area contributed by atoms with E-state index in [1.54, 1.807) is 6.92 Å². The molecular weight excluding hydrogens is 450 g/mol. The van der Waals surface area contributed by atoms with Crippen LogP contribution in [0, 0.1) is 17.6 Å². The topological polar surface area (TPSA) is 73.1 Å². The van der Waals surface area contributed by atoms with Gasteiger partial charge in [0, 0.05) is 43.7 Å². The number of imidazole rings is 1. The quantitative estimate of drug-likeness (QED) is 0.423. The molecule has 2 unspecified atom stereocenters. The minimum absolute atomic E-state index is 0.435. The summed E-state index contributed by atoms with van der Waals surface area (Å²) in [5.41, 5.74) is 4.24. The van der Waals surface area contributed by atoms with Gasteiger partial charge in [-0.25, -0.2) is 13.8 Å². The average molecular weight is 479 g/mol. The van der Waals surface area contributed by atoms with E-state index in [1.807, 2.05) is 18.2 Å². The van der Waals surface area contributed by atoms with Gasteiger partial charge in [0.1, 0.15) is 29.2 Å². The third-order valence-corrected chi connectivity index (χ3v) is 7.35. The first kappa shape index (κ1) is 22.2. The number of likely N-dealkylation sites (tertiary alicyclic amines) is 1. The van der Waals surface area contributed by atoms with Gasteiger partial charge in [-0.15, -0.1) is 0 Å². The number of rotatable bonds is 6. The highest BCUT2D eigenvalue weighted by Crippen LogP contribution is 2.34. The van der Waals surface area contributed by atoms with Crippen LogP contribution in [0.2, 0.25) is 0 Å². The van der Waals surface area contributed by atoms with Crippen molar-refractivity contribution in [3.8, 4) is 17.3 Å². The fourth-order valence-corrected chi connectivity index (χ4v) is 5.24. The van der Waals surface area contributed by atoms with E-state index >= 15 is 0 Å². The van der Waals surface area contributed by atoms with Gasteiger partial charge in [-0.1, -0.05) is 0 Å². The Bertz CT molecular complexity index is 1350. The number of nitrogens with one attached hydrogen (secondary N) is 2. The van der Waals surface area contributed by atoms with Crippen LogP contribution in [0.4, 0.5) is 8.78 Å². The molecule has 2 aliphatic heterocycles. The molecule has 0 amide bonds. The molecule has 0 radical (unpaired) electrons. The lowest BCUT2D eigenvalue weighted by Crippen LogP contribution is -2.53. The van der Waals surface area contributed by atoms with Gasteiger partial charge in [0.15, 0.2) is 5.82 Å². The van der Waals surface area contributed by atoms with Crippen LogP contribution < -0.4 is 4.74 Å². The number of aromatic nitrogens is 4. The van der Waals surface area contributed by atoms with Crippen molar-refractivity contribution < 1.29 is 13.5 Å². The molecule has 35 heavy (non-hydrogen) atoms. The molecule has 2 aromatic heterocycles. The maximum atomic E-state index is 13.6. The Balaban J connectivity index is 1.21. The van der Waals surface area contributed by atoms with Crippen molar-refractivity contribution in [2.24, 2.45) is 5.92 Å². The van der Waals surface area contributed by atoms with E-state index in [9.17, 15) is 8.78 Å². The Kier molecular flexibility index (Phi) is 5.34. The van der Waals surface area contributed by atoms with Crippen molar-refractivity contribution in [2.45, 2.75) is 39.1 Å². The highest BCUT2D eigenvalue weighted by molar-refractivity contribution is 5.92. The number of hydrogen-bond donors (Lipinski definition) is 2. The second-order valence-electron chi connectivity index (χ2n) is 9.88. The van der Waals surface area contributed by atoms with Crippen molar-refractivity contribution in [3.05, 3.63) is 65.0 Å². The summed E-state index contributed by atoms with van der Waals surface area (Å²) in [6, 6.07) is 9.53. The van der Waals surface area contributed by atoms with Crippen molar-refractivity contribution in [2.75, 3.05) is 20.1 Å². The number of H-pyrrole nitrogens is 2. The number of ether oxygens (including phenoxy) is 1. The first-order valence-electron chi connectivity index (χ1n) is 12.0. The lowest BCUT2D eigenvalue weighted by Gasteiger charge is -2.43. The Morgan fingerprint density at radius 3 is 2.54 bits per heavy atom. The Hall–Kier alpha value is -3.30. The van der Waals surface area contributed by atoms with Gasteiger partial charge in [0.2, 0.25) is 0 Å². The zero-order valence-corrected chi connectivity index (χ0v) is 20.0. The van der Waals surface area contributed by atoms with Gasteiger partial charge in [-0.05, 0) is 62.7 Å². The lowest BCUT2D eigenvalue weighted by molar-refractivity contribution is 0.0427. The highest BCUT2D eigenvalue weighted by atomic mass is 19.1. The van der Waals surface area contributed by atoms with Crippen LogP contribution in [0.25, 0.3) is 22.4 Å². The summed E-state index contributed by atoms with van der Waals surface area (Å²) < 4.78 is 33.3. The van der Waals surface area contributed by atoms with E-state index in [0.29, 0.717) is 23.3 Å². The van der Waals surface area contributed by atoms with Gasteiger partial charge in [0.25, 0.3) is 0 Å². The zero-order chi connectivity index (χ0) is 24.3. The number of aromatic amines is 2. The smallest absolute Gasteiger partial charge is 0.159 e. The van der Waals surface area contributed by atoms with Crippen molar-refractivity contribution in [1.29, 1.82) is 0 Å². The van der Waals surface area contributed by atoms with Crippen LogP contribution >= 0.6 is 0 Å². The molecule has 0 spiro atoms. The van der Waals surface area contributed by atoms with Crippen LogP contribution in [0.15, 0.2) is 36.4 Å². The monoisotopic (exact) mass is 478 g/mol. The van der Waals surface area contributed by atoms with E-state index in [2.05, 4.69) is 39.0 Å². The molecule has 0 saturated carbocycles. The Morgan fingerprint density at radius 2 is 1.83 bits per heavy atom. The molecule has 0 aliphatic carbocycles. The Labute approximate surface area is 202 Å². The molecule has 4 heterocycles. The van der Waals surface area contributed by atoms with Crippen molar-refractivity contribution in [1.82, 2.24) is 30.0 Å². The number of benzene rings is 2. The molecule has 7 nitrogen and oxygen atoms in total. The number of hydrogen-bond acceptors (Lipinski definition) is 5. The van der Waals surface area contributed by atoms with Gasteiger partial charge in [-0.2, -0.15) is 5.10 Å². The summed E-state index contributed by atoms with van der Waals surface area (Å²) in [6.07, 6.45) is -0.524. The maximum absolute atomic E-state index is 13.6. The molecule has 182 valence electrons. The van der Waals surface area contributed by atoms with E-state index < -0.39 is 17.7 Å². The van der Waals surface area contributed by atoms with Gasteiger partial charge in [0.05, 0.1) is 16.9 Å². The van der Waals surface area contributed by atoms with E-state index in [0.717, 1.165) is 66.1 Å². The van der Waals surface area contributed by atoms with Crippen LogP contribution in [-0.4, -0.2) is 56.1 Å². The first-order chi connectivity index (χ1) is 16.8. The molecule has 4 aromatic rings. The average Bonchev–Trinajstić information content (AvgIpc) is 3.48. The number of halogens is 2. The predicted molar refractivity (Wildman–Crippen MR) is 129 cm³/mol. The zero-order valence-electron chi connectivity index (χ0n) is 20.0. The number of nitrogens with zero attached hydrogens (tertiary/aromatic N) is 4. The molecule has 0 bridgehead atoms. The van der Waals surface area contributed by atoms with E-state index in [-0.39, 0.29) is 0 Å². The van der Waals surface area contributed by atoms with Crippen molar-refractivity contribution >= 4 is 10.9 Å². The maximum Gasteiger partial charge on any atom is 0.159 e. The molecule has 9 heteroatoms. The molecule has 1 fully saturated rings. The van der Waals surface area contributed by atoms with Crippen LogP contribution in [0.1, 0.15) is 36.9 Å². The summed E-state index contributed by atoms with van der Waals surface area (Å²) in [5.74, 6) is 0.781. The Morgan fingerprint density at radius 1 is 1.06 bits per heavy atom. The molecule has 2 aromatic carbocycles. The number of fused-ring (bicyclic) bond motifs is 2. The summed E-state index contributed by atoms with van der Waals surface area (Å²) in [6.45, 7) is 8.09. The third kappa shape index (κ3) is 4.08. The fraction of sp³-hybridized carbons (Fsp3) is 0.385.